The standard InChI is InChI=1S/C30H24Cl2N8O4/c31-19-8-18-7-16(1-3-23(18)35-10-19)12-39-15-26(38-30(39)34)28(43)44-6-5-21-17(2-4-24-22(21)9-20(32)11-36-24)13-40-14-25(27(41)42)37-29(40)33/h1-4,7-11,14-15H,5-6,12-13H2,(H2,33,37)(H2,34,38)(H,41,42). The molecule has 0 fully saturated rings. The van der Waals surface area contributed by atoms with E-state index < -0.39 is 11.9 Å². The van der Waals surface area contributed by atoms with Gasteiger partial charge in [0.25, 0.3) is 0 Å². The van der Waals surface area contributed by atoms with Crippen LogP contribution in [0.15, 0.2) is 67.3 Å². The molecular formula is C30H24Cl2N8O4. The highest BCUT2D eigenvalue weighted by atomic mass is 35.5. The van der Waals surface area contributed by atoms with E-state index >= 15 is 0 Å². The SMILES string of the molecule is Nc1nc(C(=O)O)cn1Cc1ccc2ncc(Cl)cc2c1CCOC(=O)c1cn(Cc2ccc3ncc(Cl)cc3c2)c(N)n1. The molecule has 0 aliphatic carbocycles. The number of carbonyl (C=O) groups excluding carboxylic acids is 1. The molecule has 0 bridgehead atoms. The van der Waals surface area contributed by atoms with Gasteiger partial charge in [-0.1, -0.05) is 35.3 Å². The average molecular weight is 631 g/mol. The predicted molar refractivity (Wildman–Crippen MR) is 166 cm³/mol. The number of benzene rings is 2. The largest absolute Gasteiger partial charge is 0.476 e. The minimum Gasteiger partial charge on any atom is -0.476 e. The van der Waals surface area contributed by atoms with Crippen molar-refractivity contribution >= 4 is 68.8 Å². The van der Waals surface area contributed by atoms with E-state index in [0.29, 0.717) is 28.5 Å². The second kappa shape index (κ2) is 11.8. The molecule has 0 amide bonds. The Kier molecular flexibility index (Phi) is 7.77. The number of nitrogens with zero attached hydrogens (tertiary/aromatic N) is 6. The van der Waals surface area contributed by atoms with Gasteiger partial charge >= 0.3 is 11.9 Å². The smallest absolute Gasteiger partial charge is 0.358 e. The van der Waals surface area contributed by atoms with Crippen LogP contribution in [0.2, 0.25) is 10.0 Å². The minimum atomic E-state index is -1.18. The first-order valence-corrected chi connectivity index (χ1v) is 14.1. The Morgan fingerprint density at radius 2 is 1.50 bits per heavy atom. The van der Waals surface area contributed by atoms with Gasteiger partial charge in [0.1, 0.15) is 0 Å². The zero-order valence-electron chi connectivity index (χ0n) is 22.9. The van der Waals surface area contributed by atoms with Crippen molar-refractivity contribution in [2.75, 3.05) is 18.1 Å². The van der Waals surface area contributed by atoms with Gasteiger partial charge in [0.15, 0.2) is 11.4 Å². The highest BCUT2D eigenvalue weighted by Gasteiger charge is 2.18. The number of halogens is 2. The Morgan fingerprint density at radius 3 is 2.25 bits per heavy atom. The lowest BCUT2D eigenvalue weighted by atomic mass is 9.99. The van der Waals surface area contributed by atoms with Gasteiger partial charge < -0.3 is 30.4 Å². The van der Waals surface area contributed by atoms with Crippen molar-refractivity contribution in [3.63, 3.8) is 0 Å². The fraction of sp³-hybridized carbons (Fsp3) is 0.133. The molecule has 44 heavy (non-hydrogen) atoms. The topological polar surface area (TPSA) is 177 Å². The first-order valence-electron chi connectivity index (χ1n) is 13.3. The van der Waals surface area contributed by atoms with Crippen molar-refractivity contribution in [3.8, 4) is 0 Å². The number of ether oxygens (including phenoxy) is 1. The molecule has 0 unspecified atom stereocenters. The van der Waals surface area contributed by atoms with Gasteiger partial charge in [-0.05, 0) is 47.0 Å². The van der Waals surface area contributed by atoms with E-state index in [1.165, 1.54) is 10.8 Å². The summed E-state index contributed by atoms with van der Waals surface area (Å²) >= 11 is 12.3. The molecule has 0 aliphatic rings. The molecule has 0 saturated heterocycles. The van der Waals surface area contributed by atoms with Crippen molar-refractivity contribution < 1.29 is 19.4 Å². The average Bonchev–Trinajstić information content (AvgIpc) is 3.55. The van der Waals surface area contributed by atoms with Gasteiger partial charge in [0, 0.05) is 42.0 Å². The third kappa shape index (κ3) is 5.98. The number of nitrogen functional groups attached to an aromatic ring is 2. The van der Waals surface area contributed by atoms with Crippen molar-refractivity contribution in [1.82, 2.24) is 29.1 Å². The van der Waals surface area contributed by atoms with Crippen LogP contribution in [0.1, 0.15) is 37.7 Å². The number of nitrogens with two attached hydrogens (primary N) is 2. The van der Waals surface area contributed by atoms with E-state index in [1.54, 1.807) is 29.2 Å². The Bertz CT molecular complexity index is 2070. The molecule has 14 heteroatoms. The second-order valence-corrected chi connectivity index (χ2v) is 10.9. The Balaban J connectivity index is 1.19. The Morgan fingerprint density at radius 1 is 0.841 bits per heavy atom. The number of hydrogen-bond acceptors (Lipinski definition) is 9. The molecule has 0 radical (unpaired) electrons. The number of hydrogen-bond donors (Lipinski definition) is 3. The third-order valence-electron chi connectivity index (χ3n) is 7.07. The summed E-state index contributed by atoms with van der Waals surface area (Å²) in [5.41, 5.74) is 16.1. The number of pyridine rings is 2. The summed E-state index contributed by atoms with van der Waals surface area (Å²) in [4.78, 5) is 41.1. The molecule has 6 aromatic rings. The van der Waals surface area contributed by atoms with Gasteiger partial charge in [-0.15, -0.1) is 0 Å². The summed E-state index contributed by atoms with van der Waals surface area (Å²) in [6.07, 6.45) is 6.37. The molecule has 4 aromatic heterocycles. The van der Waals surface area contributed by atoms with E-state index in [-0.39, 0.29) is 36.4 Å². The zero-order valence-corrected chi connectivity index (χ0v) is 24.5. The lowest BCUT2D eigenvalue weighted by Crippen LogP contribution is -2.11. The molecule has 2 aromatic carbocycles. The number of fused-ring (bicyclic) bond motifs is 2. The van der Waals surface area contributed by atoms with Crippen molar-refractivity contribution in [2.24, 2.45) is 0 Å². The van der Waals surface area contributed by atoms with Crippen molar-refractivity contribution in [1.29, 1.82) is 0 Å². The van der Waals surface area contributed by atoms with Gasteiger partial charge in [-0.2, -0.15) is 0 Å². The van der Waals surface area contributed by atoms with E-state index in [4.69, 9.17) is 39.4 Å². The van der Waals surface area contributed by atoms with Crippen LogP contribution in [0.5, 0.6) is 0 Å². The number of esters is 1. The lowest BCUT2D eigenvalue weighted by Gasteiger charge is -2.14. The zero-order chi connectivity index (χ0) is 31.0. The molecule has 222 valence electrons. The Hall–Kier alpha value is -5.20. The molecule has 5 N–H and O–H groups in total. The third-order valence-corrected chi connectivity index (χ3v) is 7.49. The van der Waals surface area contributed by atoms with Gasteiger partial charge in [-0.3, -0.25) is 9.97 Å². The van der Waals surface area contributed by atoms with Crippen molar-refractivity contribution in [3.05, 3.63) is 105 Å². The fourth-order valence-electron chi connectivity index (χ4n) is 4.99. The summed E-state index contributed by atoms with van der Waals surface area (Å²) in [5.74, 6) is -1.59. The molecule has 6 rings (SSSR count). The van der Waals surface area contributed by atoms with Gasteiger partial charge in [0.05, 0.1) is 40.8 Å². The minimum absolute atomic E-state index is 0.0163. The van der Waals surface area contributed by atoms with Crippen LogP contribution in [0, 0.1) is 0 Å². The number of carboxylic acid groups (broad SMARTS) is 1. The summed E-state index contributed by atoms with van der Waals surface area (Å²) in [5, 5.41) is 11.9. The molecule has 0 saturated carbocycles. The van der Waals surface area contributed by atoms with Crippen LogP contribution in [-0.2, 0) is 24.2 Å². The van der Waals surface area contributed by atoms with Crippen LogP contribution < -0.4 is 11.5 Å². The van der Waals surface area contributed by atoms with Crippen molar-refractivity contribution in [2.45, 2.75) is 19.5 Å². The highest BCUT2D eigenvalue weighted by Crippen LogP contribution is 2.26. The van der Waals surface area contributed by atoms with E-state index in [1.807, 2.05) is 36.4 Å². The first-order chi connectivity index (χ1) is 21.1. The molecule has 0 atom stereocenters. The number of anilines is 2. The summed E-state index contributed by atoms with van der Waals surface area (Å²) < 4.78 is 8.79. The van der Waals surface area contributed by atoms with Crippen LogP contribution >= 0.6 is 23.2 Å². The number of aromatic carboxylic acids is 1. The van der Waals surface area contributed by atoms with Crippen LogP contribution in [0.3, 0.4) is 0 Å². The first kappa shape index (κ1) is 28.9. The quantitative estimate of drug-likeness (QED) is 0.187. The number of rotatable bonds is 9. The second-order valence-electron chi connectivity index (χ2n) is 10.0. The fourth-order valence-corrected chi connectivity index (χ4v) is 5.31. The molecular weight excluding hydrogens is 607 g/mol. The summed E-state index contributed by atoms with van der Waals surface area (Å²) in [6.45, 7) is 0.626. The molecule has 4 heterocycles. The molecule has 0 spiro atoms. The summed E-state index contributed by atoms with van der Waals surface area (Å²) in [7, 11) is 0. The van der Waals surface area contributed by atoms with Gasteiger partial charge in [-0.25, -0.2) is 19.6 Å². The highest BCUT2D eigenvalue weighted by molar-refractivity contribution is 6.31. The van der Waals surface area contributed by atoms with E-state index in [0.717, 1.165) is 33.0 Å². The monoisotopic (exact) mass is 630 g/mol. The normalized spacial score (nSPS) is 11.3. The van der Waals surface area contributed by atoms with E-state index in [2.05, 4.69) is 19.9 Å². The van der Waals surface area contributed by atoms with E-state index in [9.17, 15) is 14.7 Å². The van der Waals surface area contributed by atoms with Crippen LogP contribution in [-0.4, -0.2) is 52.7 Å². The lowest BCUT2D eigenvalue weighted by molar-refractivity contribution is 0.0502. The maximum absolute atomic E-state index is 13.0. The molecule has 12 nitrogen and oxygen atoms in total. The van der Waals surface area contributed by atoms with Crippen LogP contribution in [0.4, 0.5) is 11.9 Å². The molecule has 0 aliphatic heterocycles. The number of carboxylic acids is 1. The predicted octanol–water partition coefficient (Wildman–Crippen LogP) is 4.84. The maximum Gasteiger partial charge on any atom is 0.358 e. The number of aromatic nitrogens is 6. The maximum atomic E-state index is 13.0. The number of carbonyl (C=O) groups is 2. The Labute approximate surface area is 259 Å². The summed E-state index contributed by atoms with van der Waals surface area (Å²) in [6, 6.07) is 13.1. The van der Waals surface area contributed by atoms with Gasteiger partial charge in [0.2, 0.25) is 11.9 Å². The number of imidazole rings is 2. The van der Waals surface area contributed by atoms with Crippen LogP contribution in [0.25, 0.3) is 21.8 Å².